The van der Waals surface area contributed by atoms with E-state index in [2.05, 4.69) is 65.2 Å². The van der Waals surface area contributed by atoms with Gasteiger partial charge < -0.3 is 20.3 Å². The van der Waals surface area contributed by atoms with Crippen molar-refractivity contribution >= 4 is 5.91 Å². The first kappa shape index (κ1) is 26.3. The van der Waals surface area contributed by atoms with Gasteiger partial charge in [0, 0.05) is 42.3 Å². The molecule has 0 fully saturated rings. The van der Waals surface area contributed by atoms with Crippen molar-refractivity contribution in [3.63, 3.8) is 0 Å². The van der Waals surface area contributed by atoms with Crippen LogP contribution >= 0.6 is 0 Å². The van der Waals surface area contributed by atoms with Gasteiger partial charge in [-0.1, -0.05) is 60.7 Å². The van der Waals surface area contributed by atoms with Gasteiger partial charge in [-0.15, -0.1) is 0 Å². The Morgan fingerprint density at radius 2 is 1.62 bits per heavy atom. The van der Waals surface area contributed by atoms with Crippen LogP contribution in [0.15, 0.2) is 85.1 Å². The lowest BCUT2D eigenvalue weighted by Crippen LogP contribution is -2.32. The molecule has 0 unspecified atom stereocenters. The zero-order chi connectivity index (χ0) is 26.2. The summed E-state index contributed by atoms with van der Waals surface area (Å²) >= 11 is 0. The van der Waals surface area contributed by atoms with Gasteiger partial charge in [0.15, 0.2) is 0 Å². The van der Waals surface area contributed by atoms with Crippen LogP contribution in [-0.4, -0.2) is 33.2 Å². The molecule has 6 nitrogen and oxygen atoms in total. The van der Waals surface area contributed by atoms with Gasteiger partial charge in [-0.05, 0) is 62.1 Å². The fourth-order valence-corrected chi connectivity index (χ4v) is 4.52. The molecule has 37 heavy (non-hydrogen) atoms. The molecule has 4 aromatic rings. The molecule has 6 heteroatoms. The molecule has 2 aromatic carbocycles. The van der Waals surface area contributed by atoms with Crippen molar-refractivity contribution in [3.05, 3.63) is 119 Å². The molecule has 192 valence electrons. The SMILES string of the molecule is Cc1ccc(C)n1-c1ccc([C@H](O)CN[C@H](C)Cc2cccc(CC(=O)NCc3ccccc3)c2)cn1. The second-order valence-electron chi connectivity index (χ2n) is 9.69. The third-order valence-corrected chi connectivity index (χ3v) is 6.55. The number of aliphatic hydroxyl groups is 1. The van der Waals surface area contributed by atoms with E-state index < -0.39 is 6.10 Å². The van der Waals surface area contributed by atoms with Crippen LogP contribution in [-0.2, 0) is 24.2 Å². The van der Waals surface area contributed by atoms with E-state index in [9.17, 15) is 9.90 Å². The minimum atomic E-state index is -0.643. The number of aromatic nitrogens is 2. The first-order chi connectivity index (χ1) is 17.9. The number of rotatable bonds is 11. The quantitative estimate of drug-likeness (QED) is 0.284. The van der Waals surface area contributed by atoms with E-state index in [0.717, 1.165) is 45.9 Å². The van der Waals surface area contributed by atoms with Crippen molar-refractivity contribution in [1.82, 2.24) is 20.2 Å². The van der Waals surface area contributed by atoms with Crippen LogP contribution in [0.2, 0.25) is 0 Å². The molecule has 0 saturated heterocycles. The Hall–Kier alpha value is -3.74. The normalized spacial score (nSPS) is 12.8. The largest absolute Gasteiger partial charge is 0.387 e. The van der Waals surface area contributed by atoms with E-state index in [-0.39, 0.29) is 11.9 Å². The number of aryl methyl sites for hydroxylation is 2. The first-order valence-electron chi connectivity index (χ1n) is 12.8. The summed E-state index contributed by atoms with van der Waals surface area (Å²) < 4.78 is 2.09. The summed E-state index contributed by atoms with van der Waals surface area (Å²) in [5, 5.41) is 17.1. The number of hydrogen-bond donors (Lipinski definition) is 3. The zero-order valence-electron chi connectivity index (χ0n) is 21.8. The highest BCUT2D eigenvalue weighted by molar-refractivity contribution is 5.78. The predicted octanol–water partition coefficient (Wildman–Crippen LogP) is 4.60. The molecule has 2 atom stereocenters. The smallest absolute Gasteiger partial charge is 0.224 e. The predicted molar refractivity (Wildman–Crippen MR) is 148 cm³/mol. The Balaban J connectivity index is 1.25. The highest BCUT2D eigenvalue weighted by Gasteiger charge is 2.13. The number of carbonyl (C=O) groups excluding carboxylic acids is 1. The van der Waals surface area contributed by atoms with Gasteiger partial charge in [-0.2, -0.15) is 0 Å². The lowest BCUT2D eigenvalue weighted by atomic mass is 10.0. The highest BCUT2D eigenvalue weighted by atomic mass is 16.3. The third kappa shape index (κ3) is 7.38. The van der Waals surface area contributed by atoms with Crippen LogP contribution in [0.1, 0.15) is 46.7 Å². The van der Waals surface area contributed by atoms with Crippen LogP contribution in [0.25, 0.3) is 5.82 Å². The highest BCUT2D eigenvalue weighted by Crippen LogP contribution is 2.17. The Bertz CT molecular complexity index is 1280. The number of hydrogen-bond acceptors (Lipinski definition) is 4. The Kier molecular flexibility index (Phi) is 8.88. The first-order valence-corrected chi connectivity index (χ1v) is 12.8. The van der Waals surface area contributed by atoms with E-state index in [1.807, 2.05) is 54.6 Å². The minimum absolute atomic E-state index is 0.0111. The Morgan fingerprint density at radius 3 is 2.32 bits per heavy atom. The second kappa shape index (κ2) is 12.5. The number of pyridine rings is 1. The number of benzene rings is 2. The molecule has 0 bridgehead atoms. The fraction of sp³-hybridized carbons (Fsp3) is 0.290. The summed E-state index contributed by atoms with van der Waals surface area (Å²) in [6.45, 7) is 7.18. The average molecular weight is 497 g/mol. The topological polar surface area (TPSA) is 79.2 Å². The summed E-state index contributed by atoms with van der Waals surface area (Å²) in [6, 6.07) is 26.3. The van der Waals surface area contributed by atoms with Crippen molar-refractivity contribution in [3.8, 4) is 5.82 Å². The Morgan fingerprint density at radius 1 is 0.919 bits per heavy atom. The van der Waals surface area contributed by atoms with Crippen molar-refractivity contribution in [2.75, 3.05) is 6.54 Å². The molecule has 0 aliphatic heterocycles. The molecule has 3 N–H and O–H groups in total. The van der Waals surface area contributed by atoms with Gasteiger partial charge >= 0.3 is 0 Å². The number of amides is 1. The van der Waals surface area contributed by atoms with Gasteiger partial charge in [-0.25, -0.2) is 4.98 Å². The third-order valence-electron chi connectivity index (χ3n) is 6.55. The maximum absolute atomic E-state index is 12.4. The minimum Gasteiger partial charge on any atom is -0.387 e. The lowest BCUT2D eigenvalue weighted by Gasteiger charge is -2.18. The second-order valence-corrected chi connectivity index (χ2v) is 9.69. The molecular formula is C31H36N4O2. The molecule has 1 amide bonds. The average Bonchev–Trinajstić information content (AvgIpc) is 3.24. The molecule has 4 rings (SSSR count). The van der Waals surface area contributed by atoms with Gasteiger partial charge in [0.05, 0.1) is 12.5 Å². The van der Waals surface area contributed by atoms with E-state index in [4.69, 9.17) is 0 Å². The number of nitrogens with zero attached hydrogens (tertiary/aromatic N) is 2. The number of aliphatic hydroxyl groups excluding tert-OH is 1. The van der Waals surface area contributed by atoms with Crippen molar-refractivity contribution in [1.29, 1.82) is 0 Å². The lowest BCUT2D eigenvalue weighted by molar-refractivity contribution is -0.120. The fourth-order valence-electron chi connectivity index (χ4n) is 4.52. The molecule has 0 spiro atoms. The van der Waals surface area contributed by atoms with E-state index in [1.54, 1.807) is 6.20 Å². The summed E-state index contributed by atoms with van der Waals surface area (Å²) in [5.74, 6) is 0.864. The van der Waals surface area contributed by atoms with Crippen molar-refractivity contribution in [2.45, 2.75) is 52.3 Å². The molecule has 0 saturated carbocycles. The van der Waals surface area contributed by atoms with Crippen LogP contribution in [0, 0.1) is 13.8 Å². The summed E-state index contributed by atoms with van der Waals surface area (Å²) in [5.41, 5.74) is 6.29. The van der Waals surface area contributed by atoms with Crippen molar-refractivity contribution in [2.24, 2.45) is 0 Å². The summed E-state index contributed by atoms with van der Waals surface area (Å²) in [4.78, 5) is 17.0. The van der Waals surface area contributed by atoms with Gasteiger partial charge in [0.25, 0.3) is 0 Å². The van der Waals surface area contributed by atoms with Crippen molar-refractivity contribution < 1.29 is 9.90 Å². The summed E-state index contributed by atoms with van der Waals surface area (Å²) in [7, 11) is 0. The van der Waals surface area contributed by atoms with Crippen LogP contribution in [0.4, 0.5) is 0 Å². The summed E-state index contributed by atoms with van der Waals surface area (Å²) in [6.07, 6.45) is 2.26. The van der Waals surface area contributed by atoms with E-state index >= 15 is 0 Å². The maximum atomic E-state index is 12.4. The zero-order valence-corrected chi connectivity index (χ0v) is 21.8. The Labute approximate surface area is 219 Å². The molecule has 0 aliphatic rings. The molecule has 0 radical (unpaired) electrons. The van der Waals surface area contributed by atoms with Crippen LogP contribution in [0.3, 0.4) is 0 Å². The van der Waals surface area contributed by atoms with Gasteiger partial charge in [0.1, 0.15) is 5.82 Å². The molecule has 2 aromatic heterocycles. The van der Waals surface area contributed by atoms with Crippen LogP contribution in [0.5, 0.6) is 0 Å². The van der Waals surface area contributed by atoms with Gasteiger partial charge in [0.2, 0.25) is 5.91 Å². The van der Waals surface area contributed by atoms with Gasteiger partial charge in [-0.3, -0.25) is 4.79 Å². The number of nitrogens with one attached hydrogen (secondary N) is 2. The standard InChI is InChI=1S/C31H36N4O2/c1-22(32-21-29(36)28-14-15-30(33-20-28)35-23(2)12-13-24(35)3)16-26-10-7-11-27(17-26)18-31(37)34-19-25-8-5-4-6-9-25/h4-15,17,20,22,29,32,36H,16,18-19,21H2,1-3H3,(H,34,37)/t22-,29-/m1/s1. The van der Waals surface area contributed by atoms with E-state index in [1.165, 1.54) is 0 Å². The molecular weight excluding hydrogens is 460 g/mol. The monoisotopic (exact) mass is 496 g/mol. The van der Waals surface area contributed by atoms with E-state index in [0.29, 0.717) is 19.5 Å². The number of carbonyl (C=O) groups is 1. The maximum Gasteiger partial charge on any atom is 0.224 e. The molecule has 0 aliphatic carbocycles. The van der Waals surface area contributed by atoms with Crippen LogP contribution < -0.4 is 10.6 Å². The molecule has 2 heterocycles.